The highest BCUT2D eigenvalue weighted by Gasteiger charge is 2.63. The Bertz CT molecular complexity index is 2110. The van der Waals surface area contributed by atoms with Crippen molar-refractivity contribution in [2.24, 2.45) is 5.92 Å². The van der Waals surface area contributed by atoms with Gasteiger partial charge in [-0.2, -0.15) is 13.2 Å². The largest absolute Gasteiger partial charge is 0.497 e. The molecule has 5 aliphatic rings. The number of sulfonamides is 1. The highest BCUT2D eigenvalue weighted by Crippen LogP contribution is 2.48. The van der Waals surface area contributed by atoms with Gasteiger partial charge in [0.25, 0.3) is 5.91 Å². The van der Waals surface area contributed by atoms with Gasteiger partial charge in [0.2, 0.25) is 33.3 Å². The second-order valence-corrected chi connectivity index (χ2v) is 18.7. The molecule has 58 heavy (non-hydrogen) atoms. The van der Waals surface area contributed by atoms with Crippen LogP contribution in [0.5, 0.6) is 11.6 Å². The average molecular weight is 835 g/mol. The van der Waals surface area contributed by atoms with Crippen molar-refractivity contribution in [3.05, 3.63) is 36.0 Å². The van der Waals surface area contributed by atoms with Crippen LogP contribution in [0, 0.1) is 12.8 Å². The van der Waals surface area contributed by atoms with E-state index in [-0.39, 0.29) is 44.5 Å². The number of hydrogen-bond acceptors (Lipinski definition) is 11. The molecule has 5 atom stereocenters. The van der Waals surface area contributed by atoms with Crippen molar-refractivity contribution >= 4 is 44.9 Å². The highest BCUT2D eigenvalue weighted by atomic mass is 32.2. The van der Waals surface area contributed by atoms with Gasteiger partial charge in [-0.05, 0) is 90.2 Å². The summed E-state index contributed by atoms with van der Waals surface area (Å²) in [5.74, 6) is -2.30. The van der Waals surface area contributed by atoms with Crippen LogP contribution in [0.15, 0.2) is 30.4 Å². The molecular weight excluding hydrogens is 786 g/mol. The predicted octanol–water partition coefficient (Wildman–Crippen LogP) is 4.66. The number of halogens is 3. The van der Waals surface area contributed by atoms with Gasteiger partial charge in [-0.15, -0.1) is 0 Å². The lowest BCUT2D eigenvalue weighted by Crippen LogP contribution is -2.59. The van der Waals surface area contributed by atoms with Gasteiger partial charge in [-0.25, -0.2) is 23.2 Å². The van der Waals surface area contributed by atoms with Crippen molar-refractivity contribution in [3.8, 4) is 11.6 Å². The number of methoxy groups -OCH3 is 1. The number of fused-ring (bicyclic) bond motifs is 3. The topological polar surface area (TPSA) is 195 Å². The molecule has 1 aromatic carbocycles. The van der Waals surface area contributed by atoms with E-state index in [1.54, 1.807) is 31.2 Å². The summed E-state index contributed by atoms with van der Waals surface area (Å²) in [5, 5.41) is 5.19. The number of allylic oxidation sites excluding steroid dienone is 1. The van der Waals surface area contributed by atoms with Crippen LogP contribution < -0.4 is 24.8 Å². The molecule has 2 aromatic rings. The fraction of sp³-hybridized carbons (Fsp3) is 0.641. The van der Waals surface area contributed by atoms with Gasteiger partial charge in [0.15, 0.2) is 0 Å². The van der Waals surface area contributed by atoms with Crippen LogP contribution >= 0.6 is 0 Å². The minimum absolute atomic E-state index is 0.0374. The maximum atomic E-state index is 14.6. The lowest BCUT2D eigenvalue weighted by molar-refractivity contribution is -0.255. The molecule has 7 rings (SSSR count). The second kappa shape index (κ2) is 15.5. The average Bonchev–Trinajstić information content (AvgIpc) is 3.94. The molecule has 3 saturated carbocycles. The molecule has 15 nitrogen and oxygen atoms in total. The van der Waals surface area contributed by atoms with Crippen LogP contribution in [-0.2, 0) is 29.1 Å². The molecular formula is C39H49F3N6O9S. The van der Waals surface area contributed by atoms with Gasteiger partial charge >= 0.3 is 12.3 Å². The zero-order chi connectivity index (χ0) is 41.7. The summed E-state index contributed by atoms with van der Waals surface area (Å²) in [7, 11) is -2.56. The number of alkyl halides is 3. The smallest absolute Gasteiger partial charge is 0.428 e. The van der Waals surface area contributed by atoms with E-state index in [2.05, 4.69) is 25.3 Å². The Morgan fingerprint density at radius 3 is 2.45 bits per heavy atom. The van der Waals surface area contributed by atoms with Crippen molar-refractivity contribution in [1.82, 2.24) is 30.2 Å². The third-order valence-corrected chi connectivity index (χ3v) is 14.4. The first kappa shape index (κ1) is 41.5. The molecule has 1 saturated heterocycles. The maximum Gasteiger partial charge on any atom is 0.428 e. The van der Waals surface area contributed by atoms with Crippen molar-refractivity contribution in [3.63, 3.8) is 0 Å². The molecule has 2 aliphatic heterocycles. The number of carbonyl (C=O) groups excluding carboxylic acids is 4. The van der Waals surface area contributed by atoms with Gasteiger partial charge in [-0.3, -0.25) is 19.1 Å². The van der Waals surface area contributed by atoms with Crippen molar-refractivity contribution in [2.45, 2.75) is 138 Å². The summed E-state index contributed by atoms with van der Waals surface area (Å²) < 4.78 is 86.7. The Labute approximate surface area is 334 Å². The van der Waals surface area contributed by atoms with E-state index < -0.39 is 92.8 Å². The number of rotatable bonds is 8. The lowest BCUT2D eigenvalue weighted by Gasteiger charge is -2.33. The van der Waals surface area contributed by atoms with Crippen molar-refractivity contribution < 1.29 is 55.0 Å². The Balaban J connectivity index is 1.19. The molecule has 19 heteroatoms. The highest BCUT2D eigenvalue weighted by molar-refractivity contribution is 7.91. The predicted molar refractivity (Wildman–Crippen MR) is 202 cm³/mol. The number of aromatic nitrogens is 2. The minimum Gasteiger partial charge on any atom is -0.497 e. The van der Waals surface area contributed by atoms with Gasteiger partial charge in [0.05, 0.1) is 29.4 Å². The van der Waals surface area contributed by atoms with Crippen LogP contribution in [0.3, 0.4) is 0 Å². The van der Waals surface area contributed by atoms with Gasteiger partial charge in [0.1, 0.15) is 35.2 Å². The first-order valence-corrected chi connectivity index (χ1v) is 21.3. The number of nitrogens with zero attached hydrogens (tertiary/aromatic N) is 3. The number of ether oxygens (including phenoxy) is 3. The Kier molecular flexibility index (Phi) is 11.1. The van der Waals surface area contributed by atoms with E-state index in [9.17, 15) is 40.8 Å². The number of benzene rings is 1. The summed E-state index contributed by atoms with van der Waals surface area (Å²) >= 11 is 0. The third kappa shape index (κ3) is 8.14. The zero-order valence-corrected chi connectivity index (χ0v) is 33.5. The molecule has 3 heterocycles. The second-order valence-electron chi connectivity index (χ2n) is 16.5. The van der Waals surface area contributed by atoms with E-state index in [1.165, 1.54) is 18.9 Å². The molecule has 0 radical (unpaired) electrons. The van der Waals surface area contributed by atoms with Gasteiger partial charge in [0, 0.05) is 18.4 Å². The van der Waals surface area contributed by atoms with E-state index in [0.29, 0.717) is 61.0 Å². The number of carbonyl (C=O) groups is 4. The molecule has 3 N–H and O–H groups in total. The number of aryl methyl sites for hydroxylation is 1. The monoisotopic (exact) mass is 834 g/mol. The van der Waals surface area contributed by atoms with Gasteiger partial charge in [-0.1, -0.05) is 25.0 Å². The molecule has 316 valence electrons. The third-order valence-electron chi connectivity index (χ3n) is 12.3. The Morgan fingerprint density at radius 1 is 1.02 bits per heavy atom. The van der Waals surface area contributed by atoms with E-state index >= 15 is 0 Å². The number of amides is 4. The normalized spacial score (nSPS) is 28.8. The summed E-state index contributed by atoms with van der Waals surface area (Å²) in [6.07, 6.45) is -0.817. The molecule has 4 fully saturated rings. The first-order valence-electron chi connectivity index (χ1n) is 19.8. The lowest BCUT2D eigenvalue weighted by atomic mass is 10.0. The first-order chi connectivity index (χ1) is 27.4. The van der Waals surface area contributed by atoms with Gasteiger partial charge < -0.3 is 29.7 Å². The van der Waals surface area contributed by atoms with Crippen LogP contribution in [0.4, 0.5) is 18.0 Å². The zero-order valence-electron chi connectivity index (χ0n) is 32.7. The Morgan fingerprint density at radius 2 is 1.76 bits per heavy atom. The number of alkyl carbamates (subject to hydrolysis) is 1. The fourth-order valence-electron chi connectivity index (χ4n) is 8.19. The fourth-order valence-corrected chi connectivity index (χ4v) is 9.50. The quantitative estimate of drug-likeness (QED) is 0.313. The number of nitrogens with one attached hydrogen (secondary N) is 3. The van der Waals surface area contributed by atoms with E-state index in [1.807, 2.05) is 6.08 Å². The molecule has 1 aromatic heterocycles. The molecule has 4 amide bonds. The van der Waals surface area contributed by atoms with Crippen LogP contribution in [0.1, 0.15) is 96.1 Å². The molecule has 0 unspecified atom stereocenters. The van der Waals surface area contributed by atoms with Crippen molar-refractivity contribution in [2.75, 3.05) is 13.7 Å². The summed E-state index contributed by atoms with van der Waals surface area (Å²) in [5.41, 5.74) is -2.87. The maximum absolute atomic E-state index is 14.6. The molecule has 0 spiro atoms. The number of hydrogen-bond donors (Lipinski definition) is 3. The van der Waals surface area contributed by atoms with E-state index in [4.69, 9.17) is 14.2 Å². The van der Waals surface area contributed by atoms with Crippen molar-refractivity contribution in [1.29, 1.82) is 0 Å². The molecule has 0 bridgehead atoms. The van der Waals surface area contributed by atoms with Crippen LogP contribution in [-0.4, -0.2) is 101 Å². The Hall–Kier alpha value is -4.68. The molecule has 3 aliphatic carbocycles. The van der Waals surface area contributed by atoms with Crippen LogP contribution in [0.2, 0.25) is 0 Å². The SMILES string of the molecule is COc1ccc2nc(C)c(O[C@@H]3C[C@H]4C(=O)N[C@]5(C(=O)NS(=O)(=O)C6(C)CC6)C[C@H]5/C=C\CCCCC[C@H](NC(=O)OC5(C(F)(F)F)CCCC5)C(=O)N4C3)nc2c1. The minimum atomic E-state index is -4.82. The summed E-state index contributed by atoms with van der Waals surface area (Å²) in [6, 6.07) is 2.45. The van der Waals surface area contributed by atoms with Crippen LogP contribution in [0.25, 0.3) is 11.0 Å². The standard InChI is InChI=1S/C39H49F3N6O9S/c1-23-32(44-29-19-25(55-3)13-14-27(29)43-23)56-26-20-30-31(49)46-38(34(51)47-58(53,54)36(2)17-18-36)21-24(38)11-7-5-4-6-8-12-28(33(50)48(30)22-26)45-35(52)57-37(39(40,41)42)15-9-10-16-37/h7,11,13-14,19,24,26,28,30H,4-6,8-10,12,15-18,20-22H2,1-3H3,(H,45,52)(H,46,49)(H,47,51)/b11-7-/t24-,26-,28+,30+,38-/m1/s1. The summed E-state index contributed by atoms with van der Waals surface area (Å²) in [4.78, 5) is 66.5. The van der Waals surface area contributed by atoms with E-state index in [0.717, 1.165) is 0 Å². The summed E-state index contributed by atoms with van der Waals surface area (Å²) in [6.45, 7) is 3.01.